The number of hydrogen-bond acceptors (Lipinski definition) is 4. The molecule has 0 unspecified atom stereocenters. The molecule has 1 aromatic rings. The highest BCUT2D eigenvalue weighted by molar-refractivity contribution is 7.92. The van der Waals surface area contributed by atoms with Gasteiger partial charge in [0.1, 0.15) is 5.75 Å². The molecule has 20 heavy (non-hydrogen) atoms. The Bertz CT molecular complexity index is 527. The Labute approximate surface area is 121 Å². The Balaban J connectivity index is 2.58. The van der Waals surface area contributed by atoms with Crippen molar-refractivity contribution in [2.24, 2.45) is 0 Å². The summed E-state index contributed by atoms with van der Waals surface area (Å²) in [5.74, 6) is 0.824. The topological polar surface area (TPSA) is 67.4 Å². The summed E-state index contributed by atoms with van der Waals surface area (Å²) in [6.45, 7) is 6.61. The predicted octanol–water partition coefficient (Wildman–Crippen LogP) is 2.13. The van der Waals surface area contributed by atoms with E-state index in [-0.39, 0.29) is 5.75 Å². The number of rotatable bonds is 8. The first-order valence-electron chi connectivity index (χ1n) is 6.72. The van der Waals surface area contributed by atoms with Crippen LogP contribution < -0.4 is 14.8 Å². The van der Waals surface area contributed by atoms with Gasteiger partial charge in [-0.2, -0.15) is 0 Å². The molecule has 0 aliphatic heterocycles. The third-order valence-electron chi connectivity index (χ3n) is 2.84. The quantitative estimate of drug-likeness (QED) is 0.722. The Hall–Kier alpha value is -1.27. The molecule has 0 aromatic heterocycles. The number of anilines is 1. The number of methoxy groups -OCH3 is 1. The standard InChI is InChI=1S/C14H24N2O3S/c1-11(2)15-8-5-9-20(17,18)16-14-7-6-13(19-4)10-12(14)3/h6-7,10-11,15-16H,5,8-9H2,1-4H3. The van der Waals surface area contributed by atoms with Crippen molar-refractivity contribution in [1.29, 1.82) is 0 Å². The van der Waals surface area contributed by atoms with Crippen molar-refractivity contribution in [3.63, 3.8) is 0 Å². The largest absolute Gasteiger partial charge is 0.497 e. The van der Waals surface area contributed by atoms with Gasteiger partial charge in [0, 0.05) is 6.04 Å². The molecule has 1 aromatic carbocycles. The smallest absolute Gasteiger partial charge is 0.232 e. The summed E-state index contributed by atoms with van der Waals surface area (Å²) in [6.07, 6.45) is 0.586. The minimum absolute atomic E-state index is 0.109. The second kappa shape index (κ2) is 7.50. The Morgan fingerprint density at radius 2 is 2.00 bits per heavy atom. The second-order valence-corrected chi connectivity index (χ2v) is 6.91. The van der Waals surface area contributed by atoms with Crippen LogP contribution in [0.3, 0.4) is 0 Å². The zero-order valence-corrected chi connectivity index (χ0v) is 13.4. The van der Waals surface area contributed by atoms with Crippen LogP contribution >= 0.6 is 0 Å². The van der Waals surface area contributed by atoms with Crippen LogP contribution in [0.1, 0.15) is 25.8 Å². The number of benzene rings is 1. The number of aryl methyl sites for hydroxylation is 1. The lowest BCUT2D eigenvalue weighted by molar-refractivity contribution is 0.414. The molecule has 0 fully saturated rings. The van der Waals surface area contributed by atoms with Crippen LogP contribution in [-0.2, 0) is 10.0 Å². The summed E-state index contributed by atoms with van der Waals surface area (Å²) < 4.78 is 31.7. The number of ether oxygens (including phenoxy) is 1. The van der Waals surface area contributed by atoms with Crippen LogP contribution in [0, 0.1) is 6.92 Å². The first kappa shape index (κ1) is 16.8. The normalized spacial score (nSPS) is 11.7. The Morgan fingerprint density at radius 3 is 2.55 bits per heavy atom. The molecule has 1 rings (SSSR count). The molecule has 0 atom stereocenters. The molecule has 0 saturated carbocycles. The average Bonchev–Trinajstić information content (AvgIpc) is 2.37. The van der Waals surface area contributed by atoms with Crippen LogP contribution in [0.5, 0.6) is 5.75 Å². The maximum Gasteiger partial charge on any atom is 0.232 e. The summed E-state index contributed by atoms with van der Waals surface area (Å²) in [7, 11) is -1.72. The molecule has 0 saturated heterocycles. The van der Waals surface area contributed by atoms with Gasteiger partial charge in [-0.3, -0.25) is 4.72 Å². The lowest BCUT2D eigenvalue weighted by atomic mass is 10.2. The summed E-state index contributed by atoms with van der Waals surface area (Å²) in [5.41, 5.74) is 1.44. The third-order valence-corrected chi connectivity index (χ3v) is 4.20. The maximum absolute atomic E-state index is 12.0. The zero-order valence-electron chi connectivity index (χ0n) is 12.6. The molecule has 0 aliphatic rings. The van der Waals surface area contributed by atoms with E-state index in [0.29, 0.717) is 30.4 Å². The summed E-state index contributed by atoms with van der Waals surface area (Å²) >= 11 is 0. The van der Waals surface area contributed by atoms with Gasteiger partial charge in [-0.25, -0.2) is 8.42 Å². The zero-order chi connectivity index (χ0) is 15.2. The number of nitrogens with one attached hydrogen (secondary N) is 2. The lowest BCUT2D eigenvalue weighted by Gasteiger charge is -2.12. The average molecular weight is 300 g/mol. The highest BCUT2D eigenvalue weighted by atomic mass is 32.2. The SMILES string of the molecule is COc1ccc(NS(=O)(=O)CCCNC(C)C)c(C)c1. The fourth-order valence-electron chi connectivity index (χ4n) is 1.75. The van der Waals surface area contributed by atoms with Crippen molar-refractivity contribution >= 4 is 15.7 Å². The molecule has 0 aliphatic carbocycles. The second-order valence-electron chi connectivity index (χ2n) is 5.06. The third kappa shape index (κ3) is 5.79. The van der Waals surface area contributed by atoms with Crippen molar-refractivity contribution in [3.8, 4) is 5.75 Å². The molecule has 0 amide bonds. The fourth-order valence-corrected chi connectivity index (χ4v) is 2.94. The molecule has 5 nitrogen and oxygen atoms in total. The van der Waals surface area contributed by atoms with Crippen LogP contribution in [0.25, 0.3) is 0 Å². The van der Waals surface area contributed by atoms with E-state index in [1.807, 2.05) is 20.8 Å². The molecule has 0 bridgehead atoms. The first-order chi connectivity index (χ1) is 9.34. The highest BCUT2D eigenvalue weighted by Gasteiger charge is 2.12. The molecule has 2 N–H and O–H groups in total. The van der Waals surface area contributed by atoms with Gasteiger partial charge in [-0.15, -0.1) is 0 Å². The van der Waals surface area contributed by atoms with E-state index in [4.69, 9.17) is 4.74 Å². The van der Waals surface area contributed by atoms with Crippen molar-refractivity contribution < 1.29 is 13.2 Å². The molecule has 6 heteroatoms. The number of sulfonamides is 1. The van der Waals surface area contributed by atoms with E-state index in [9.17, 15) is 8.42 Å². The highest BCUT2D eigenvalue weighted by Crippen LogP contribution is 2.22. The maximum atomic E-state index is 12.0. The van der Waals surface area contributed by atoms with Crippen molar-refractivity contribution in [1.82, 2.24) is 5.32 Å². The van der Waals surface area contributed by atoms with Crippen LogP contribution in [-0.4, -0.2) is 33.9 Å². The van der Waals surface area contributed by atoms with Gasteiger partial charge in [-0.05, 0) is 43.7 Å². The predicted molar refractivity (Wildman–Crippen MR) is 82.9 cm³/mol. The molecule has 114 valence electrons. The molecule has 0 spiro atoms. The van der Waals surface area contributed by atoms with Gasteiger partial charge in [0.15, 0.2) is 0 Å². The fraction of sp³-hybridized carbons (Fsp3) is 0.571. The summed E-state index contributed by atoms with van der Waals surface area (Å²) in [4.78, 5) is 0. The van der Waals surface area contributed by atoms with Crippen LogP contribution in [0.15, 0.2) is 18.2 Å². The van der Waals surface area contributed by atoms with Crippen LogP contribution in [0.4, 0.5) is 5.69 Å². The molecular weight excluding hydrogens is 276 g/mol. The van der Waals surface area contributed by atoms with E-state index in [1.165, 1.54) is 0 Å². The first-order valence-corrected chi connectivity index (χ1v) is 8.38. The van der Waals surface area contributed by atoms with E-state index < -0.39 is 10.0 Å². The van der Waals surface area contributed by atoms with Gasteiger partial charge in [0.05, 0.1) is 18.6 Å². The van der Waals surface area contributed by atoms with E-state index in [2.05, 4.69) is 10.0 Å². The van der Waals surface area contributed by atoms with E-state index in [0.717, 1.165) is 5.56 Å². The van der Waals surface area contributed by atoms with Crippen LogP contribution in [0.2, 0.25) is 0 Å². The van der Waals surface area contributed by atoms with Gasteiger partial charge < -0.3 is 10.1 Å². The minimum atomic E-state index is -3.31. The van der Waals surface area contributed by atoms with Gasteiger partial charge >= 0.3 is 0 Å². The molecule has 0 radical (unpaired) electrons. The Morgan fingerprint density at radius 1 is 1.30 bits per heavy atom. The van der Waals surface area contributed by atoms with E-state index >= 15 is 0 Å². The minimum Gasteiger partial charge on any atom is -0.497 e. The van der Waals surface area contributed by atoms with Crippen molar-refractivity contribution in [3.05, 3.63) is 23.8 Å². The van der Waals surface area contributed by atoms with Crippen molar-refractivity contribution in [2.45, 2.75) is 33.2 Å². The van der Waals surface area contributed by atoms with Gasteiger partial charge in [-0.1, -0.05) is 13.8 Å². The van der Waals surface area contributed by atoms with Gasteiger partial charge in [0.25, 0.3) is 0 Å². The summed E-state index contributed by atoms with van der Waals surface area (Å²) in [5, 5.41) is 3.20. The lowest BCUT2D eigenvalue weighted by Crippen LogP contribution is -2.26. The van der Waals surface area contributed by atoms with Gasteiger partial charge in [0.2, 0.25) is 10.0 Å². The molecule has 0 heterocycles. The number of hydrogen-bond donors (Lipinski definition) is 2. The monoisotopic (exact) mass is 300 g/mol. The Kier molecular flexibility index (Phi) is 6.29. The van der Waals surface area contributed by atoms with Crippen molar-refractivity contribution in [2.75, 3.05) is 24.1 Å². The summed E-state index contributed by atoms with van der Waals surface area (Å²) in [6, 6.07) is 5.64. The van der Waals surface area contributed by atoms with E-state index in [1.54, 1.807) is 25.3 Å². The molecular formula is C14H24N2O3S.